The summed E-state index contributed by atoms with van der Waals surface area (Å²) in [4.78, 5) is 2.63. The molecule has 0 aromatic heterocycles. The molecule has 1 aliphatic rings. The summed E-state index contributed by atoms with van der Waals surface area (Å²) < 4.78 is 0. The zero-order valence-corrected chi connectivity index (χ0v) is 18.0. The molecule has 0 saturated heterocycles. The van der Waals surface area contributed by atoms with Gasteiger partial charge < -0.3 is 10.6 Å². The number of allylic oxidation sites excluding steroid dienone is 3. The topological polar surface area (TPSA) is 29.3 Å². The maximum atomic E-state index is 6.52. The van der Waals surface area contributed by atoms with Crippen molar-refractivity contribution < 1.29 is 0 Å². The van der Waals surface area contributed by atoms with Gasteiger partial charge in [0, 0.05) is 24.3 Å². The van der Waals surface area contributed by atoms with Crippen LogP contribution in [0.5, 0.6) is 0 Å². The van der Waals surface area contributed by atoms with E-state index in [1.807, 2.05) is 0 Å². The summed E-state index contributed by atoms with van der Waals surface area (Å²) in [5.74, 6) is 0.732. The fourth-order valence-corrected chi connectivity index (χ4v) is 4.49. The number of rotatable bonds is 11. The van der Waals surface area contributed by atoms with Gasteiger partial charge in [-0.25, -0.2) is 0 Å². The van der Waals surface area contributed by atoms with Crippen molar-refractivity contribution in [2.24, 2.45) is 11.7 Å². The van der Waals surface area contributed by atoms with Crippen LogP contribution in [0.3, 0.4) is 0 Å². The molecule has 0 radical (unpaired) electrons. The van der Waals surface area contributed by atoms with Crippen molar-refractivity contribution in [2.75, 3.05) is 6.54 Å². The highest BCUT2D eigenvalue weighted by molar-refractivity contribution is 5.34. The smallest absolute Gasteiger partial charge is 0.0370 e. The molecule has 0 fully saturated rings. The molecule has 0 aliphatic heterocycles. The summed E-state index contributed by atoms with van der Waals surface area (Å²) in [6, 6.07) is 9.79. The van der Waals surface area contributed by atoms with Crippen LogP contribution in [0.25, 0.3) is 0 Å². The second-order valence-electron chi connectivity index (χ2n) is 8.24. The maximum Gasteiger partial charge on any atom is 0.0370 e. The predicted molar refractivity (Wildman–Crippen MR) is 119 cm³/mol. The largest absolute Gasteiger partial charge is 0.368 e. The Morgan fingerprint density at radius 1 is 1.19 bits per heavy atom. The normalized spacial score (nSPS) is 17.3. The van der Waals surface area contributed by atoms with Crippen LogP contribution < -0.4 is 5.73 Å². The average Bonchev–Trinajstić information content (AvgIpc) is 3.06. The molecule has 2 rings (SSSR count). The van der Waals surface area contributed by atoms with E-state index in [0.29, 0.717) is 12.1 Å². The molecule has 0 bridgehead atoms. The van der Waals surface area contributed by atoms with Crippen molar-refractivity contribution >= 4 is 0 Å². The van der Waals surface area contributed by atoms with Crippen LogP contribution in [0, 0.1) is 5.92 Å². The van der Waals surface area contributed by atoms with Crippen LogP contribution in [0.1, 0.15) is 70.9 Å². The van der Waals surface area contributed by atoms with Crippen LogP contribution in [0.2, 0.25) is 0 Å². The van der Waals surface area contributed by atoms with Gasteiger partial charge in [0.15, 0.2) is 0 Å². The minimum atomic E-state index is 0.298. The molecule has 1 aliphatic carbocycles. The molecule has 0 saturated carbocycles. The molecule has 2 heteroatoms. The van der Waals surface area contributed by atoms with E-state index >= 15 is 0 Å². The fourth-order valence-electron chi connectivity index (χ4n) is 4.49. The number of hydrogen-bond acceptors (Lipinski definition) is 2. The van der Waals surface area contributed by atoms with Gasteiger partial charge in [-0.05, 0) is 62.1 Å². The van der Waals surface area contributed by atoms with Gasteiger partial charge in [-0.3, -0.25) is 0 Å². The van der Waals surface area contributed by atoms with E-state index in [2.05, 4.69) is 75.1 Å². The molecule has 0 spiro atoms. The predicted octanol–water partition coefficient (Wildman–Crippen LogP) is 5.87. The van der Waals surface area contributed by atoms with Gasteiger partial charge in [-0.2, -0.15) is 0 Å². The summed E-state index contributed by atoms with van der Waals surface area (Å²) in [6.45, 7) is 10.00. The van der Waals surface area contributed by atoms with Crippen molar-refractivity contribution in [3.8, 4) is 0 Å². The van der Waals surface area contributed by atoms with Gasteiger partial charge >= 0.3 is 0 Å². The summed E-state index contributed by atoms with van der Waals surface area (Å²) >= 11 is 0. The lowest BCUT2D eigenvalue weighted by Gasteiger charge is -2.33. The van der Waals surface area contributed by atoms with Gasteiger partial charge in [0.05, 0.1) is 0 Å². The molecule has 0 amide bonds. The van der Waals surface area contributed by atoms with E-state index in [1.165, 1.54) is 29.7 Å². The van der Waals surface area contributed by atoms with Crippen molar-refractivity contribution in [1.29, 1.82) is 0 Å². The average molecular weight is 369 g/mol. The molecule has 2 N–H and O–H groups in total. The maximum absolute atomic E-state index is 6.52. The van der Waals surface area contributed by atoms with E-state index < -0.39 is 0 Å². The van der Waals surface area contributed by atoms with Crippen LogP contribution in [0.15, 0.2) is 48.2 Å². The number of hydrogen-bond donors (Lipinski definition) is 1. The third kappa shape index (κ3) is 6.53. The standard InChI is InChI=1S/C25H40N2/c1-5-10-20(4)17-23(26)15-16-27(24(11-6-2)12-7-3)25-18-21-13-8-9-14-22(21)19-25/h6,8-9,11-14,20,23,25H,5,7,10,15-19,26H2,1-4H3/b11-6-,24-12+. The Labute approximate surface area is 167 Å². The molecule has 2 nitrogen and oxygen atoms in total. The Bertz CT molecular complexity index is 592. The minimum absolute atomic E-state index is 0.298. The second-order valence-corrected chi connectivity index (χ2v) is 8.24. The second kappa shape index (κ2) is 11.3. The Morgan fingerprint density at radius 2 is 1.85 bits per heavy atom. The van der Waals surface area contributed by atoms with Gasteiger partial charge in [0.1, 0.15) is 0 Å². The Balaban J connectivity index is 2.08. The third-order valence-corrected chi connectivity index (χ3v) is 5.78. The molecule has 27 heavy (non-hydrogen) atoms. The van der Waals surface area contributed by atoms with Crippen LogP contribution in [0.4, 0.5) is 0 Å². The van der Waals surface area contributed by atoms with Crippen molar-refractivity contribution in [3.63, 3.8) is 0 Å². The van der Waals surface area contributed by atoms with Gasteiger partial charge in [-0.15, -0.1) is 0 Å². The molecule has 0 heterocycles. The van der Waals surface area contributed by atoms with E-state index in [0.717, 1.165) is 44.6 Å². The van der Waals surface area contributed by atoms with Crippen LogP contribution in [-0.4, -0.2) is 23.5 Å². The number of nitrogens with zero attached hydrogens (tertiary/aromatic N) is 1. The van der Waals surface area contributed by atoms with Crippen molar-refractivity contribution in [3.05, 3.63) is 59.3 Å². The highest BCUT2D eigenvalue weighted by Gasteiger charge is 2.27. The molecule has 1 aromatic carbocycles. The number of benzene rings is 1. The highest BCUT2D eigenvalue weighted by Crippen LogP contribution is 2.28. The lowest BCUT2D eigenvalue weighted by Crippen LogP contribution is -2.38. The first-order valence-corrected chi connectivity index (χ1v) is 11.0. The van der Waals surface area contributed by atoms with Crippen LogP contribution in [-0.2, 0) is 12.8 Å². The molecular weight excluding hydrogens is 328 g/mol. The molecular formula is C25H40N2. The van der Waals surface area contributed by atoms with Gasteiger partial charge in [0.2, 0.25) is 0 Å². The third-order valence-electron chi connectivity index (χ3n) is 5.78. The van der Waals surface area contributed by atoms with Crippen molar-refractivity contribution in [2.45, 2.75) is 84.7 Å². The first kappa shape index (κ1) is 21.8. The van der Waals surface area contributed by atoms with Gasteiger partial charge in [-0.1, -0.05) is 70.0 Å². The Morgan fingerprint density at radius 3 is 2.41 bits per heavy atom. The lowest BCUT2D eigenvalue weighted by atomic mass is 9.95. The van der Waals surface area contributed by atoms with E-state index in [1.54, 1.807) is 0 Å². The summed E-state index contributed by atoms with van der Waals surface area (Å²) in [7, 11) is 0. The number of fused-ring (bicyclic) bond motifs is 1. The summed E-state index contributed by atoms with van der Waals surface area (Å²) in [5.41, 5.74) is 10.9. The monoisotopic (exact) mass is 368 g/mol. The first-order valence-electron chi connectivity index (χ1n) is 11.0. The zero-order valence-electron chi connectivity index (χ0n) is 18.0. The quantitative estimate of drug-likeness (QED) is 0.495. The van der Waals surface area contributed by atoms with Gasteiger partial charge in [0.25, 0.3) is 0 Å². The summed E-state index contributed by atoms with van der Waals surface area (Å²) in [5, 5.41) is 0. The van der Waals surface area contributed by atoms with Crippen molar-refractivity contribution in [1.82, 2.24) is 4.90 Å². The molecule has 2 unspecified atom stereocenters. The molecule has 150 valence electrons. The molecule has 2 atom stereocenters. The SMILES string of the molecule is C/C=C\C(=C/CC)N(CCC(N)CC(C)CCC)C1Cc2ccccc2C1. The lowest BCUT2D eigenvalue weighted by molar-refractivity contribution is 0.250. The first-order chi connectivity index (χ1) is 13.1. The summed E-state index contributed by atoms with van der Waals surface area (Å²) in [6.07, 6.45) is 14.9. The molecule has 1 aromatic rings. The van der Waals surface area contributed by atoms with E-state index in [9.17, 15) is 0 Å². The number of nitrogens with two attached hydrogens (primary N) is 1. The zero-order chi connectivity index (χ0) is 19.6. The Hall–Kier alpha value is -1.54. The highest BCUT2D eigenvalue weighted by atomic mass is 15.2. The minimum Gasteiger partial charge on any atom is -0.368 e. The van der Waals surface area contributed by atoms with Crippen LogP contribution >= 0.6 is 0 Å². The Kier molecular flexibility index (Phi) is 9.14. The fraction of sp³-hybridized carbons (Fsp3) is 0.600. The van der Waals surface area contributed by atoms with E-state index in [4.69, 9.17) is 5.73 Å². The van der Waals surface area contributed by atoms with E-state index in [-0.39, 0.29) is 0 Å².